The lowest BCUT2D eigenvalue weighted by molar-refractivity contribution is 0.623. The van der Waals surface area contributed by atoms with Crippen molar-refractivity contribution < 1.29 is 8.78 Å². The molecule has 0 aliphatic heterocycles. The van der Waals surface area contributed by atoms with Crippen LogP contribution < -0.4 is 0 Å². The fraction of sp³-hybridized carbons (Fsp3) is 0.0625. The highest BCUT2D eigenvalue weighted by Gasteiger charge is 2.04. The van der Waals surface area contributed by atoms with Gasteiger partial charge in [-0.05, 0) is 29.8 Å². The van der Waals surface area contributed by atoms with E-state index in [1.54, 1.807) is 24.5 Å². The molecule has 0 amide bonds. The third-order valence-electron chi connectivity index (χ3n) is 3.01. The van der Waals surface area contributed by atoms with Crippen LogP contribution in [0.25, 0.3) is 11.3 Å². The minimum atomic E-state index is -0.290. The molecular formula is C16H12F2N2. The van der Waals surface area contributed by atoms with Gasteiger partial charge in [-0.1, -0.05) is 24.3 Å². The van der Waals surface area contributed by atoms with Gasteiger partial charge in [-0.3, -0.25) is 0 Å². The van der Waals surface area contributed by atoms with Crippen LogP contribution in [0.15, 0.2) is 61.1 Å². The van der Waals surface area contributed by atoms with Crippen LogP contribution in [0.2, 0.25) is 0 Å². The molecule has 20 heavy (non-hydrogen) atoms. The van der Waals surface area contributed by atoms with E-state index in [-0.39, 0.29) is 11.6 Å². The van der Waals surface area contributed by atoms with Gasteiger partial charge >= 0.3 is 0 Å². The summed E-state index contributed by atoms with van der Waals surface area (Å²) in [4.78, 5) is 4.25. The molecule has 100 valence electrons. The van der Waals surface area contributed by atoms with Crippen molar-refractivity contribution in [2.45, 2.75) is 6.54 Å². The van der Waals surface area contributed by atoms with Crippen molar-refractivity contribution in [1.29, 1.82) is 0 Å². The number of hydrogen-bond acceptors (Lipinski definition) is 1. The molecule has 3 aromatic rings. The first kappa shape index (κ1) is 12.5. The third-order valence-corrected chi connectivity index (χ3v) is 3.01. The van der Waals surface area contributed by atoms with Crippen LogP contribution in [0.4, 0.5) is 8.78 Å². The summed E-state index contributed by atoms with van der Waals surface area (Å²) < 4.78 is 28.1. The zero-order valence-electron chi connectivity index (χ0n) is 10.6. The van der Waals surface area contributed by atoms with Crippen molar-refractivity contribution in [2.75, 3.05) is 0 Å². The highest BCUT2D eigenvalue weighted by atomic mass is 19.1. The quantitative estimate of drug-likeness (QED) is 0.706. The second kappa shape index (κ2) is 5.25. The number of nitrogens with zero attached hydrogens (tertiary/aromatic N) is 2. The molecule has 2 nitrogen and oxygen atoms in total. The van der Waals surface area contributed by atoms with Crippen molar-refractivity contribution in [3.63, 3.8) is 0 Å². The molecule has 0 unspecified atom stereocenters. The van der Waals surface area contributed by atoms with Crippen LogP contribution in [0.3, 0.4) is 0 Å². The van der Waals surface area contributed by atoms with Crippen molar-refractivity contribution in [3.8, 4) is 11.3 Å². The van der Waals surface area contributed by atoms with E-state index >= 15 is 0 Å². The first-order valence-electron chi connectivity index (χ1n) is 6.23. The summed E-state index contributed by atoms with van der Waals surface area (Å²) in [6.45, 7) is 0.528. The van der Waals surface area contributed by atoms with Crippen molar-refractivity contribution >= 4 is 0 Å². The number of aromatic nitrogens is 2. The summed E-state index contributed by atoms with van der Waals surface area (Å²) in [5, 5.41) is 0. The molecule has 0 fully saturated rings. The molecule has 0 aliphatic rings. The van der Waals surface area contributed by atoms with Gasteiger partial charge in [0.2, 0.25) is 0 Å². The molecule has 0 N–H and O–H groups in total. The van der Waals surface area contributed by atoms with Gasteiger partial charge in [0.15, 0.2) is 0 Å². The molecule has 0 aliphatic carbocycles. The number of benzene rings is 2. The Balaban J connectivity index is 1.84. The van der Waals surface area contributed by atoms with Crippen LogP contribution in [0, 0.1) is 11.6 Å². The second-order valence-electron chi connectivity index (χ2n) is 4.57. The Morgan fingerprint density at radius 2 is 1.70 bits per heavy atom. The summed E-state index contributed by atoms with van der Waals surface area (Å²) in [5.74, 6) is -0.546. The van der Waals surface area contributed by atoms with Crippen LogP contribution in [0.5, 0.6) is 0 Å². The van der Waals surface area contributed by atoms with E-state index in [0.717, 1.165) is 11.1 Å². The molecule has 0 atom stereocenters. The van der Waals surface area contributed by atoms with Gasteiger partial charge in [0, 0.05) is 18.3 Å². The van der Waals surface area contributed by atoms with Crippen molar-refractivity contribution in [1.82, 2.24) is 9.55 Å². The lowest BCUT2D eigenvalue weighted by Gasteiger charge is -2.02. The molecule has 4 heteroatoms. The van der Waals surface area contributed by atoms with Crippen LogP contribution in [-0.4, -0.2) is 9.55 Å². The van der Waals surface area contributed by atoms with E-state index in [1.807, 2.05) is 16.8 Å². The third kappa shape index (κ3) is 2.74. The maximum absolute atomic E-state index is 13.2. The number of hydrogen-bond donors (Lipinski definition) is 0. The zero-order chi connectivity index (χ0) is 13.9. The standard InChI is InChI=1S/C16H12F2N2/c17-14-5-1-3-12(7-14)9-20-10-16(19-11-20)13-4-2-6-15(18)8-13/h1-8,10-11H,9H2. The molecule has 3 rings (SSSR count). The maximum atomic E-state index is 13.2. The molecule has 0 radical (unpaired) electrons. The fourth-order valence-corrected chi connectivity index (χ4v) is 2.09. The minimum absolute atomic E-state index is 0.257. The van der Waals surface area contributed by atoms with E-state index in [2.05, 4.69) is 4.98 Å². The first-order valence-corrected chi connectivity index (χ1v) is 6.23. The van der Waals surface area contributed by atoms with E-state index in [4.69, 9.17) is 0 Å². The molecule has 2 aromatic carbocycles. The second-order valence-corrected chi connectivity index (χ2v) is 4.57. The van der Waals surface area contributed by atoms with Crippen LogP contribution in [-0.2, 0) is 6.54 Å². The summed E-state index contributed by atoms with van der Waals surface area (Å²) in [6, 6.07) is 12.7. The van der Waals surface area contributed by atoms with E-state index in [1.165, 1.54) is 24.3 Å². The fourth-order valence-electron chi connectivity index (χ4n) is 2.09. The molecule has 0 spiro atoms. The largest absolute Gasteiger partial charge is 0.332 e. The maximum Gasteiger partial charge on any atom is 0.123 e. The van der Waals surface area contributed by atoms with Gasteiger partial charge in [-0.25, -0.2) is 13.8 Å². The Kier molecular flexibility index (Phi) is 3.29. The molecule has 0 saturated heterocycles. The molecular weight excluding hydrogens is 258 g/mol. The normalized spacial score (nSPS) is 10.7. The lowest BCUT2D eigenvalue weighted by Crippen LogP contribution is -1.96. The molecule has 1 heterocycles. The van der Waals surface area contributed by atoms with E-state index < -0.39 is 0 Å². The highest BCUT2D eigenvalue weighted by Crippen LogP contribution is 2.18. The first-order chi connectivity index (χ1) is 9.70. The number of imidazole rings is 1. The summed E-state index contributed by atoms with van der Waals surface area (Å²) in [7, 11) is 0. The predicted octanol–water partition coefficient (Wildman–Crippen LogP) is 3.88. The molecule has 1 aromatic heterocycles. The predicted molar refractivity (Wildman–Crippen MR) is 73.1 cm³/mol. The number of halogens is 2. The molecule has 0 saturated carbocycles. The summed E-state index contributed by atoms with van der Waals surface area (Å²) >= 11 is 0. The van der Waals surface area contributed by atoms with E-state index in [9.17, 15) is 8.78 Å². The average Bonchev–Trinajstić information content (AvgIpc) is 2.87. The van der Waals surface area contributed by atoms with Gasteiger partial charge in [0.25, 0.3) is 0 Å². The topological polar surface area (TPSA) is 17.8 Å². The SMILES string of the molecule is Fc1cccc(Cn2cnc(-c3cccc(F)c3)c2)c1. The Morgan fingerprint density at radius 3 is 2.45 bits per heavy atom. The van der Waals surface area contributed by atoms with Crippen LogP contribution >= 0.6 is 0 Å². The Morgan fingerprint density at radius 1 is 0.950 bits per heavy atom. The Hall–Kier alpha value is -2.49. The van der Waals surface area contributed by atoms with Gasteiger partial charge in [0.05, 0.1) is 12.0 Å². The Bertz CT molecular complexity index is 735. The smallest absolute Gasteiger partial charge is 0.123 e. The number of rotatable bonds is 3. The highest BCUT2D eigenvalue weighted by molar-refractivity contribution is 5.58. The summed E-state index contributed by atoms with van der Waals surface area (Å²) in [6.07, 6.45) is 3.48. The Labute approximate surface area is 115 Å². The van der Waals surface area contributed by atoms with Crippen molar-refractivity contribution in [3.05, 3.63) is 78.3 Å². The minimum Gasteiger partial charge on any atom is -0.332 e. The molecule has 0 bridgehead atoms. The zero-order valence-corrected chi connectivity index (χ0v) is 10.6. The van der Waals surface area contributed by atoms with Gasteiger partial charge in [0.1, 0.15) is 11.6 Å². The van der Waals surface area contributed by atoms with Crippen molar-refractivity contribution in [2.24, 2.45) is 0 Å². The van der Waals surface area contributed by atoms with Crippen LogP contribution in [0.1, 0.15) is 5.56 Å². The monoisotopic (exact) mass is 270 g/mol. The summed E-state index contributed by atoms with van der Waals surface area (Å²) in [5.41, 5.74) is 2.28. The van der Waals surface area contributed by atoms with E-state index in [0.29, 0.717) is 12.2 Å². The average molecular weight is 270 g/mol. The van der Waals surface area contributed by atoms with Gasteiger partial charge in [-0.2, -0.15) is 0 Å². The van der Waals surface area contributed by atoms with Gasteiger partial charge in [-0.15, -0.1) is 0 Å². The van der Waals surface area contributed by atoms with Gasteiger partial charge < -0.3 is 4.57 Å². The lowest BCUT2D eigenvalue weighted by atomic mass is 10.2.